The van der Waals surface area contributed by atoms with E-state index in [9.17, 15) is 4.79 Å². The van der Waals surface area contributed by atoms with Crippen LogP contribution in [0.25, 0.3) is 0 Å². The van der Waals surface area contributed by atoms with Crippen molar-refractivity contribution in [3.05, 3.63) is 0 Å². The third kappa shape index (κ3) is 3.98. The van der Waals surface area contributed by atoms with Crippen LogP contribution < -0.4 is 11.3 Å². The molecule has 0 aromatic carbocycles. The lowest BCUT2D eigenvalue weighted by Gasteiger charge is -2.36. The van der Waals surface area contributed by atoms with Gasteiger partial charge in [0.1, 0.15) is 5.60 Å². The summed E-state index contributed by atoms with van der Waals surface area (Å²) in [5.41, 5.74) is 2.20. The predicted octanol–water partition coefficient (Wildman–Crippen LogP) is 1.24. The van der Waals surface area contributed by atoms with Crippen molar-refractivity contribution in [3.63, 3.8) is 0 Å². The third-order valence-corrected chi connectivity index (χ3v) is 2.61. The molecule has 3 N–H and O–H groups in total. The van der Waals surface area contributed by atoms with Gasteiger partial charge >= 0.3 is 6.09 Å². The van der Waals surface area contributed by atoms with Gasteiger partial charge in [-0.3, -0.25) is 11.3 Å². The molecule has 94 valence electrons. The van der Waals surface area contributed by atoms with Crippen LogP contribution >= 0.6 is 0 Å². The fourth-order valence-corrected chi connectivity index (χ4v) is 1.91. The minimum Gasteiger partial charge on any atom is -0.444 e. The molecular formula is C11H23N3O2. The van der Waals surface area contributed by atoms with E-state index in [1.54, 1.807) is 4.90 Å². The Morgan fingerprint density at radius 3 is 2.75 bits per heavy atom. The van der Waals surface area contributed by atoms with Gasteiger partial charge in [0.25, 0.3) is 0 Å². The number of piperidine rings is 1. The summed E-state index contributed by atoms with van der Waals surface area (Å²) in [5, 5.41) is 0. The molecule has 1 atom stereocenters. The molecule has 16 heavy (non-hydrogen) atoms. The van der Waals surface area contributed by atoms with Gasteiger partial charge in [-0.2, -0.15) is 0 Å². The van der Waals surface area contributed by atoms with Crippen molar-refractivity contribution in [2.75, 3.05) is 13.1 Å². The maximum absolute atomic E-state index is 11.9. The summed E-state index contributed by atoms with van der Waals surface area (Å²) >= 11 is 0. The second kappa shape index (κ2) is 5.50. The van der Waals surface area contributed by atoms with E-state index in [4.69, 9.17) is 10.6 Å². The number of amides is 1. The van der Waals surface area contributed by atoms with E-state index in [0.717, 1.165) is 25.8 Å². The van der Waals surface area contributed by atoms with Gasteiger partial charge in [-0.1, -0.05) is 0 Å². The maximum atomic E-state index is 11.9. The van der Waals surface area contributed by atoms with Gasteiger partial charge in [0.2, 0.25) is 0 Å². The van der Waals surface area contributed by atoms with Gasteiger partial charge in [0, 0.05) is 19.1 Å². The number of ether oxygens (including phenoxy) is 1. The first kappa shape index (κ1) is 13.3. The minimum atomic E-state index is -0.435. The number of hydrazine groups is 1. The molecule has 1 rings (SSSR count). The second-order valence-electron chi connectivity index (χ2n) is 5.23. The summed E-state index contributed by atoms with van der Waals surface area (Å²) in [7, 11) is 0. The van der Waals surface area contributed by atoms with Gasteiger partial charge in [0.15, 0.2) is 0 Å². The monoisotopic (exact) mass is 229 g/mol. The van der Waals surface area contributed by atoms with Crippen LogP contribution in [0.4, 0.5) is 4.79 Å². The zero-order valence-electron chi connectivity index (χ0n) is 10.5. The average molecular weight is 229 g/mol. The van der Waals surface area contributed by atoms with E-state index in [2.05, 4.69) is 5.43 Å². The number of nitrogens with one attached hydrogen (secondary N) is 1. The summed E-state index contributed by atoms with van der Waals surface area (Å²) < 4.78 is 5.37. The van der Waals surface area contributed by atoms with E-state index >= 15 is 0 Å². The number of likely N-dealkylation sites (tertiary alicyclic amines) is 1. The summed E-state index contributed by atoms with van der Waals surface area (Å²) in [6.07, 6.45) is 2.95. The summed E-state index contributed by atoms with van der Waals surface area (Å²) in [4.78, 5) is 13.7. The summed E-state index contributed by atoms with van der Waals surface area (Å²) in [5.74, 6) is 5.32. The largest absolute Gasteiger partial charge is 0.444 e. The Hall–Kier alpha value is -0.810. The number of nitrogens with zero attached hydrogens (tertiary/aromatic N) is 1. The molecule has 1 fully saturated rings. The van der Waals surface area contributed by atoms with Gasteiger partial charge < -0.3 is 9.64 Å². The summed E-state index contributed by atoms with van der Waals surface area (Å²) in [6.45, 7) is 7.03. The number of carbonyl (C=O) groups excluding carboxylic acids is 1. The van der Waals surface area contributed by atoms with Crippen molar-refractivity contribution < 1.29 is 9.53 Å². The number of hydrogen-bond donors (Lipinski definition) is 2. The molecule has 0 saturated carbocycles. The van der Waals surface area contributed by atoms with Crippen molar-refractivity contribution in [3.8, 4) is 0 Å². The van der Waals surface area contributed by atoms with Crippen molar-refractivity contribution in [2.45, 2.75) is 51.7 Å². The highest BCUT2D eigenvalue weighted by Crippen LogP contribution is 2.19. The van der Waals surface area contributed by atoms with Gasteiger partial charge in [-0.05, 0) is 40.0 Å². The predicted molar refractivity (Wildman–Crippen MR) is 62.8 cm³/mol. The maximum Gasteiger partial charge on any atom is 0.410 e. The van der Waals surface area contributed by atoms with Crippen LogP contribution in [-0.2, 0) is 4.74 Å². The highest BCUT2D eigenvalue weighted by molar-refractivity contribution is 5.68. The van der Waals surface area contributed by atoms with Crippen LogP contribution in [0.2, 0.25) is 0 Å². The Bertz CT molecular complexity index is 236. The fourth-order valence-electron chi connectivity index (χ4n) is 1.91. The fraction of sp³-hybridized carbons (Fsp3) is 0.909. The third-order valence-electron chi connectivity index (χ3n) is 2.61. The van der Waals surface area contributed by atoms with E-state index < -0.39 is 5.60 Å². The highest BCUT2D eigenvalue weighted by Gasteiger charge is 2.29. The topological polar surface area (TPSA) is 67.6 Å². The molecule has 0 aromatic rings. The quantitative estimate of drug-likeness (QED) is 0.552. The van der Waals surface area contributed by atoms with Crippen molar-refractivity contribution in [2.24, 2.45) is 5.84 Å². The lowest BCUT2D eigenvalue weighted by molar-refractivity contribution is 0.01000. The molecule has 1 aliphatic heterocycles. The molecule has 0 spiro atoms. The van der Waals surface area contributed by atoms with Crippen LogP contribution in [0.5, 0.6) is 0 Å². The number of hydrogen-bond acceptors (Lipinski definition) is 4. The zero-order valence-corrected chi connectivity index (χ0v) is 10.5. The Morgan fingerprint density at radius 1 is 1.50 bits per heavy atom. The van der Waals surface area contributed by atoms with Crippen molar-refractivity contribution >= 4 is 6.09 Å². The first-order chi connectivity index (χ1) is 7.44. The lowest BCUT2D eigenvalue weighted by atomic mass is 10.0. The van der Waals surface area contributed by atoms with E-state index in [0.29, 0.717) is 6.54 Å². The van der Waals surface area contributed by atoms with Crippen LogP contribution in [0.1, 0.15) is 40.0 Å². The Kier molecular flexibility index (Phi) is 4.56. The molecule has 1 saturated heterocycles. The Morgan fingerprint density at radius 2 is 2.19 bits per heavy atom. The number of rotatable bonds is 2. The molecule has 1 unspecified atom stereocenters. The smallest absolute Gasteiger partial charge is 0.410 e. The summed E-state index contributed by atoms with van der Waals surface area (Å²) in [6, 6.07) is 0.161. The number of nitrogens with two attached hydrogens (primary N) is 1. The molecule has 1 aliphatic rings. The molecule has 0 bridgehead atoms. The van der Waals surface area contributed by atoms with Crippen LogP contribution in [-0.4, -0.2) is 35.7 Å². The van der Waals surface area contributed by atoms with Crippen LogP contribution in [0.3, 0.4) is 0 Å². The van der Waals surface area contributed by atoms with Crippen molar-refractivity contribution in [1.82, 2.24) is 10.3 Å². The van der Waals surface area contributed by atoms with E-state index in [1.807, 2.05) is 20.8 Å². The zero-order chi connectivity index (χ0) is 12.2. The standard InChI is InChI=1S/C11H23N3O2/c1-11(2,3)16-10(15)14-7-5-4-6-9(14)8-13-12/h9,13H,4-8,12H2,1-3H3. The normalized spacial score (nSPS) is 22.0. The van der Waals surface area contributed by atoms with E-state index in [1.165, 1.54) is 0 Å². The molecular weight excluding hydrogens is 206 g/mol. The average Bonchev–Trinajstić information content (AvgIpc) is 2.16. The molecule has 0 aromatic heterocycles. The first-order valence-electron chi connectivity index (χ1n) is 5.87. The number of carbonyl (C=O) groups is 1. The van der Waals surface area contributed by atoms with Crippen LogP contribution in [0, 0.1) is 0 Å². The van der Waals surface area contributed by atoms with E-state index in [-0.39, 0.29) is 12.1 Å². The van der Waals surface area contributed by atoms with Crippen molar-refractivity contribution in [1.29, 1.82) is 0 Å². The SMILES string of the molecule is CC(C)(C)OC(=O)N1CCCCC1CNN. The molecule has 5 nitrogen and oxygen atoms in total. The Labute approximate surface area is 97.3 Å². The van der Waals surface area contributed by atoms with Gasteiger partial charge in [0.05, 0.1) is 0 Å². The Balaban J connectivity index is 2.57. The first-order valence-corrected chi connectivity index (χ1v) is 5.87. The van der Waals surface area contributed by atoms with Gasteiger partial charge in [-0.15, -0.1) is 0 Å². The highest BCUT2D eigenvalue weighted by atomic mass is 16.6. The minimum absolute atomic E-state index is 0.161. The molecule has 0 aliphatic carbocycles. The molecule has 5 heteroatoms. The molecule has 0 radical (unpaired) electrons. The molecule has 1 heterocycles. The molecule has 1 amide bonds. The lowest BCUT2D eigenvalue weighted by Crippen LogP contribution is -2.51. The second-order valence-corrected chi connectivity index (χ2v) is 5.23. The van der Waals surface area contributed by atoms with Gasteiger partial charge in [-0.25, -0.2) is 4.79 Å². The van der Waals surface area contributed by atoms with Crippen LogP contribution in [0.15, 0.2) is 0 Å².